The Labute approximate surface area is 145 Å². The van der Waals surface area contributed by atoms with Crippen LogP contribution in [0.15, 0.2) is 29.6 Å². The van der Waals surface area contributed by atoms with Crippen molar-refractivity contribution in [3.05, 3.63) is 40.3 Å². The fourth-order valence-corrected chi connectivity index (χ4v) is 2.42. The SMILES string of the molecule is COc1ccc(OCCN(C)C(=O)c2csc(CN)n2)cc1.Cl. The summed E-state index contributed by atoms with van der Waals surface area (Å²) in [5.74, 6) is 1.38. The van der Waals surface area contributed by atoms with Crippen LogP contribution >= 0.6 is 23.7 Å². The van der Waals surface area contributed by atoms with Crippen LogP contribution in [0, 0.1) is 0 Å². The van der Waals surface area contributed by atoms with E-state index in [0.717, 1.165) is 16.5 Å². The Morgan fingerprint density at radius 1 is 1.30 bits per heavy atom. The van der Waals surface area contributed by atoms with Gasteiger partial charge < -0.3 is 20.1 Å². The molecule has 1 amide bonds. The number of hydrogen-bond donors (Lipinski definition) is 1. The van der Waals surface area contributed by atoms with Crippen LogP contribution in [-0.2, 0) is 6.54 Å². The monoisotopic (exact) mass is 357 g/mol. The highest BCUT2D eigenvalue weighted by atomic mass is 35.5. The minimum Gasteiger partial charge on any atom is -0.497 e. The third-order valence-electron chi connectivity index (χ3n) is 3.05. The summed E-state index contributed by atoms with van der Waals surface area (Å²) < 4.78 is 10.7. The molecule has 0 atom stereocenters. The predicted molar refractivity (Wildman–Crippen MR) is 92.7 cm³/mol. The Morgan fingerprint density at radius 3 is 2.52 bits per heavy atom. The summed E-state index contributed by atoms with van der Waals surface area (Å²) in [5, 5.41) is 2.48. The average molecular weight is 358 g/mol. The Kier molecular flexibility index (Phi) is 7.80. The van der Waals surface area contributed by atoms with E-state index in [9.17, 15) is 4.79 Å². The zero-order chi connectivity index (χ0) is 15.9. The first-order chi connectivity index (χ1) is 10.6. The van der Waals surface area contributed by atoms with Gasteiger partial charge in [0.25, 0.3) is 5.91 Å². The van der Waals surface area contributed by atoms with Crippen LogP contribution in [0.5, 0.6) is 11.5 Å². The summed E-state index contributed by atoms with van der Waals surface area (Å²) in [6.07, 6.45) is 0. The summed E-state index contributed by atoms with van der Waals surface area (Å²) in [6, 6.07) is 7.31. The van der Waals surface area contributed by atoms with Crippen molar-refractivity contribution in [1.29, 1.82) is 0 Å². The fraction of sp³-hybridized carbons (Fsp3) is 0.333. The van der Waals surface area contributed by atoms with Crippen molar-refractivity contribution in [3.8, 4) is 11.5 Å². The van der Waals surface area contributed by atoms with Crippen molar-refractivity contribution >= 4 is 29.7 Å². The number of carbonyl (C=O) groups is 1. The van der Waals surface area contributed by atoms with Crippen LogP contribution < -0.4 is 15.2 Å². The molecule has 1 aromatic carbocycles. The Balaban J connectivity index is 0.00000264. The first-order valence-corrected chi connectivity index (χ1v) is 7.68. The van der Waals surface area contributed by atoms with Crippen molar-refractivity contribution in [2.75, 3.05) is 27.3 Å². The van der Waals surface area contributed by atoms with Crippen LogP contribution in [0.4, 0.5) is 0 Å². The van der Waals surface area contributed by atoms with E-state index in [1.807, 2.05) is 24.3 Å². The lowest BCUT2D eigenvalue weighted by Gasteiger charge is -2.16. The number of thiazole rings is 1. The van der Waals surface area contributed by atoms with E-state index in [1.165, 1.54) is 11.3 Å². The minimum absolute atomic E-state index is 0. The second-order valence-corrected chi connectivity index (χ2v) is 5.52. The first kappa shape index (κ1) is 19.2. The van der Waals surface area contributed by atoms with Crippen molar-refractivity contribution in [1.82, 2.24) is 9.88 Å². The molecule has 0 aliphatic heterocycles. The smallest absolute Gasteiger partial charge is 0.273 e. The summed E-state index contributed by atoms with van der Waals surface area (Å²) in [7, 11) is 3.34. The lowest BCUT2D eigenvalue weighted by molar-refractivity contribution is 0.0768. The molecule has 0 unspecified atom stereocenters. The van der Waals surface area contributed by atoms with Gasteiger partial charge in [0.05, 0.1) is 13.7 Å². The van der Waals surface area contributed by atoms with Crippen LogP contribution in [0.1, 0.15) is 15.5 Å². The highest BCUT2D eigenvalue weighted by Crippen LogP contribution is 2.17. The molecule has 0 aliphatic carbocycles. The van der Waals surface area contributed by atoms with E-state index >= 15 is 0 Å². The molecule has 2 aromatic rings. The molecular weight excluding hydrogens is 338 g/mol. The van der Waals surface area contributed by atoms with E-state index in [2.05, 4.69) is 4.98 Å². The summed E-state index contributed by atoms with van der Waals surface area (Å²) in [6.45, 7) is 1.23. The van der Waals surface area contributed by atoms with Gasteiger partial charge in [0.15, 0.2) is 0 Å². The van der Waals surface area contributed by atoms with Crippen molar-refractivity contribution in [2.45, 2.75) is 6.54 Å². The van der Waals surface area contributed by atoms with Gasteiger partial charge in [-0.05, 0) is 24.3 Å². The number of methoxy groups -OCH3 is 1. The molecule has 0 aliphatic rings. The molecule has 126 valence electrons. The Morgan fingerprint density at radius 2 is 1.96 bits per heavy atom. The molecule has 6 nitrogen and oxygen atoms in total. The topological polar surface area (TPSA) is 77.7 Å². The second kappa shape index (κ2) is 9.34. The molecule has 8 heteroatoms. The molecule has 1 aromatic heterocycles. The maximum absolute atomic E-state index is 12.2. The van der Waals surface area contributed by atoms with Gasteiger partial charge in [0, 0.05) is 19.0 Å². The number of aromatic nitrogens is 1. The van der Waals surface area contributed by atoms with Gasteiger partial charge in [-0.2, -0.15) is 0 Å². The molecule has 0 saturated carbocycles. The third kappa shape index (κ3) is 5.38. The second-order valence-electron chi connectivity index (χ2n) is 4.58. The minimum atomic E-state index is -0.130. The molecule has 0 fully saturated rings. The zero-order valence-corrected chi connectivity index (χ0v) is 14.7. The van der Waals surface area contributed by atoms with Gasteiger partial charge in [-0.3, -0.25) is 4.79 Å². The van der Waals surface area contributed by atoms with Crippen molar-refractivity contribution < 1.29 is 14.3 Å². The van der Waals surface area contributed by atoms with Gasteiger partial charge >= 0.3 is 0 Å². The first-order valence-electron chi connectivity index (χ1n) is 6.81. The molecule has 0 saturated heterocycles. The normalized spacial score (nSPS) is 9.87. The van der Waals surface area contributed by atoms with Gasteiger partial charge in [-0.1, -0.05) is 0 Å². The van der Waals surface area contributed by atoms with Crippen LogP contribution in [0.2, 0.25) is 0 Å². The van der Waals surface area contributed by atoms with Crippen molar-refractivity contribution in [3.63, 3.8) is 0 Å². The van der Waals surface area contributed by atoms with E-state index in [0.29, 0.717) is 25.4 Å². The number of carbonyl (C=O) groups excluding carboxylic acids is 1. The number of ether oxygens (including phenoxy) is 2. The number of likely N-dealkylation sites (N-methyl/N-ethyl adjacent to an activating group) is 1. The van der Waals surface area contributed by atoms with E-state index in [4.69, 9.17) is 15.2 Å². The van der Waals surface area contributed by atoms with Gasteiger partial charge in [0.2, 0.25) is 0 Å². The van der Waals surface area contributed by atoms with Gasteiger partial charge in [-0.25, -0.2) is 4.98 Å². The number of nitrogens with two attached hydrogens (primary N) is 1. The predicted octanol–water partition coefficient (Wildman–Crippen LogP) is 2.18. The third-order valence-corrected chi connectivity index (χ3v) is 3.92. The number of hydrogen-bond acceptors (Lipinski definition) is 6. The summed E-state index contributed by atoms with van der Waals surface area (Å²) in [5.41, 5.74) is 5.93. The summed E-state index contributed by atoms with van der Waals surface area (Å²) in [4.78, 5) is 17.9. The number of rotatable bonds is 7. The van der Waals surface area contributed by atoms with Crippen LogP contribution in [-0.4, -0.2) is 43.1 Å². The molecule has 2 N–H and O–H groups in total. The number of halogens is 1. The maximum Gasteiger partial charge on any atom is 0.273 e. The van der Waals surface area contributed by atoms with Crippen LogP contribution in [0.3, 0.4) is 0 Å². The van der Waals surface area contributed by atoms with Gasteiger partial charge in [-0.15, -0.1) is 23.7 Å². The lowest BCUT2D eigenvalue weighted by atomic mass is 10.3. The maximum atomic E-state index is 12.2. The van der Waals surface area contributed by atoms with Gasteiger partial charge in [0.1, 0.15) is 28.8 Å². The molecule has 2 rings (SSSR count). The molecular formula is C15H20ClN3O3S. The molecule has 1 heterocycles. The number of benzene rings is 1. The molecule has 0 radical (unpaired) electrons. The highest BCUT2D eigenvalue weighted by Gasteiger charge is 2.15. The number of nitrogens with zero attached hydrogens (tertiary/aromatic N) is 2. The van der Waals surface area contributed by atoms with E-state index < -0.39 is 0 Å². The van der Waals surface area contributed by atoms with Crippen molar-refractivity contribution in [2.24, 2.45) is 5.73 Å². The Bertz CT molecular complexity index is 619. The molecule has 0 spiro atoms. The average Bonchev–Trinajstić information content (AvgIpc) is 3.03. The zero-order valence-electron chi connectivity index (χ0n) is 13.0. The lowest BCUT2D eigenvalue weighted by Crippen LogP contribution is -2.31. The Hall–Kier alpha value is -1.83. The summed E-state index contributed by atoms with van der Waals surface area (Å²) >= 11 is 1.39. The fourth-order valence-electron chi connectivity index (χ4n) is 1.77. The molecule has 0 bridgehead atoms. The van der Waals surface area contributed by atoms with Crippen LogP contribution in [0.25, 0.3) is 0 Å². The van der Waals surface area contributed by atoms with E-state index in [-0.39, 0.29) is 18.3 Å². The number of amides is 1. The highest BCUT2D eigenvalue weighted by molar-refractivity contribution is 7.09. The standard InChI is InChI=1S/C15H19N3O3S.ClH/c1-18(15(19)13-10-22-14(9-16)17-13)7-8-21-12-5-3-11(20-2)4-6-12;/h3-6,10H,7-9,16H2,1-2H3;1H. The van der Waals surface area contributed by atoms with E-state index in [1.54, 1.807) is 24.4 Å². The quantitative estimate of drug-likeness (QED) is 0.821. The molecule has 23 heavy (non-hydrogen) atoms. The largest absolute Gasteiger partial charge is 0.497 e.